The molecular formula is C22H16Cl2N2O3S. The highest BCUT2D eigenvalue weighted by atomic mass is 35.5. The first-order chi connectivity index (χ1) is 14.4. The van der Waals surface area contributed by atoms with Gasteiger partial charge >= 0.3 is 0 Å². The van der Waals surface area contributed by atoms with Crippen molar-refractivity contribution in [2.24, 2.45) is 0 Å². The lowest BCUT2D eigenvalue weighted by atomic mass is 9.99. The summed E-state index contributed by atoms with van der Waals surface area (Å²) in [7, 11) is -3.68. The van der Waals surface area contributed by atoms with Crippen LogP contribution in [0.5, 0.6) is 0 Å². The molecule has 1 N–H and O–H groups in total. The summed E-state index contributed by atoms with van der Waals surface area (Å²) in [6.45, 7) is 0.384. The van der Waals surface area contributed by atoms with Gasteiger partial charge in [-0.15, -0.1) is 0 Å². The lowest BCUT2D eigenvalue weighted by Crippen LogP contribution is -2.05. The van der Waals surface area contributed by atoms with Crippen molar-refractivity contribution in [3.8, 4) is 11.1 Å². The van der Waals surface area contributed by atoms with Crippen LogP contribution in [0.2, 0.25) is 10.0 Å². The Kier molecular flexibility index (Phi) is 5.81. The van der Waals surface area contributed by atoms with Crippen LogP contribution >= 0.6 is 23.2 Å². The predicted molar refractivity (Wildman–Crippen MR) is 118 cm³/mol. The minimum Gasteiger partial charge on any atom is -0.428 e. The van der Waals surface area contributed by atoms with E-state index in [2.05, 4.69) is 10.3 Å². The number of nitrogens with one attached hydrogen (secondary N) is 1. The first-order valence-electron chi connectivity index (χ1n) is 8.96. The molecule has 30 heavy (non-hydrogen) atoms. The van der Waals surface area contributed by atoms with Crippen LogP contribution in [0.15, 0.2) is 93.5 Å². The van der Waals surface area contributed by atoms with Gasteiger partial charge in [0.1, 0.15) is 0 Å². The molecule has 0 spiro atoms. The van der Waals surface area contributed by atoms with Gasteiger partial charge in [0.25, 0.3) is 0 Å². The molecule has 0 aliphatic heterocycles. The SMILES string of the molecule is O=S(=O)(c1ccccc1)c1ccc(CNc2cnco2)c(-c2ccc(Cl)cc2Cl)c1. The second kappa shape index (κ2) is 8.52. The van der Waals surface area contributed by atoms with Crippen molar-refractivity contribution in [1.82, 2.24) is 4.98 Å². The van der Waals surface area contributed by atoms with Crippen LogP contribution in [-0.2, 0) is 16.4 Å². The standard InChI is InChI=1S/C22H16Cl2N2O3S/c23-16-7-9-19(21(24)10-16)20-11-18(30(27,28)17-4-2-1-3-5-17)8-6-15(20)12-26-22-13-25-14-29-22/h1-11,13-14,26H,12H2. The summed E-state index contributed by atoms with van der Waals surface area (Å²) in [5.74, 6) is 0.504. The van der Waals surface area contributed by atoms with E-state index in [-0.39, 0.29) is 9.79 Å². The number of hydrogen-bond acceptors (Lipinski definition) is 5. The van der Waals surface area contributed by atoms with Crippen molar-refractivity contribution in [2.75, 3.05) is 5.32 Å². The van der Waals surface area contributed by atoms with Crippen LogP contribution in [0.1, 0.15) is 5.56 Å². The quantitative estimate of drug-likeness (QED) is 0.378. The van der Waals surface area contributed by atoms with Crippen LogP contribution in [-0.4, -0.2) is 13.4 Å². The second-order valence-electron chi connectivity index (χ2n) is 6.48. The van der Waals surface area contributed by atoms with Crippen molar-refractivity contribution in [3.63, 3.8) is 0 Å². The molecular weight excluding hydrogens is 443 g/mol. The predicted octanol–water partition coefficient (Wildman–Crippen LogP) is 6.09. The summed E-state index contributed by atoms with van der Waals surface area (Å²) in [6.07, 6.45) is 2.89. The zero-order chi connectivity index (χ0) is 21.1. The number of aromatic nitrogens is 1. The zero-order valence-electron chi connectivity index (χ0n) is 15.5. The smallest absolute Gasteiger partial charge is 0.213 e. The van der Waals surface area contributed by atoms with Crippen molar-refractivity contribution >= 4 is 38.9 Å². The normalized spacial score (nSPS) is 11.4. The molecule has 0 fully saturated rings. The van der Waals surface area contributed by atoms with Crippen LogP contribution in [0, 0.1) is 0 Å². The topological polar surface area (TPSA) is 72.2 Å². The highest BCUT2D eigenvalue weighted by molar-refractivity contribution is 7.91. The van der Waals surface area contributed by atoms with Gasteiger partial charge in [-0.05, 0) is 47.5 Å². The van der Waals surface area contributed by atoms with Crippen LogP contribution < -0.4 is 5.32 Å². The van der Waals surface area contributed by atoms with E-state index in [9.17, 15) is 8.42 Å². The van der Waals surface area contributed by atoms with Crippen LogP contribution in [0.4, 0.5) is 5.88 Å². The molecule has 4 rings (SSSR count). The summed E-state index contributed by atoms with van der Waals surface area (Å²) < 4.78 is 31.5. The van der Waals surface area contributed by atoms with E-state index in [4.69, 9.17) is 27.6 Å². The number of benzene rings is 3. The highest BCUT2D eigenvalue weighted by Crippen LogP contribution is 2.35. The molecule has 8 heteroatoms. The summed E-state index contributed by atoms with van der Waals surface area (Å²) in [5.41, 5.74) is 2.20. The molecule has 3 aromatic carbocycles. The van der Waals surface area contributed by atoms with Gasteiger partial charge in [-0.3, -0.25) is 0 Å². The summed E-state index contributed by atoms with van der Waals surface area (Å²) in [5, 5.41) is 4.05. The van der Waals surface area contributed by atoms with Gasteiger partial charge in [-0.25, -0.2) is 13.4 Å². The van der Waals surface area contributed by atoms with Gasteiger partial charge in [-0.1, -0.05) is 53.5 Å². The Bertz CT molecular complexity index is 1280. The van der Waals surface area contributed by atoms with Crippen LogP contribution in [0.3, 0.4) is 0 Å². The van der Waals surface area contributed by atoms with Gasteiger partial charge in [0.05, 0.1) is 16.0 Å². The van der Waals surface area contributed by atoms with Crippen molar-refractivity contribution in [3.05, 3.63) is 94.9 Å². The maximum Gasteiger partial charge on any atom is 0.213 e. The van der Waals surface area contributed by atoms with Gasteiger partial charge < -0.3 is 9.73 Å². The highest BCUT2D eigenvalue weighted by Gasteiger charge is 2.20. The number of nitrogens with zero attached hydrogens (tertiary/aromatic N) is 1. The fourth-order valence-electron chi connectivity index (χ4n) is 3.06. The Morgan fingerprint density at radius 3 is 2.40 bits per heavy atom. The Hall–Kier alpha value is -2.80. The van der Waals surface area contributed by atoms with E-state index in [1.165, 1.54) is 6.39 Å². The van der Waals surface area contributed by atoms with Crippen molar-refractivity contribution in [2.45, 2.75) is 16.3 Å². The molecule has 0 radical (unpaired) electrons. The number of halogens is 2. The van der Waals surface area contributed by atoms with E-state index < -0.39 is 9.84 Å². The zero-order valence-corrected chi connectivity index (χ0v) is 17.9. The average molecular weight is 459 g/mol. The first kappa shape index (κ1) is 20.5. The molecule has 1 aromatic heterocycles. The lowest BCUT2D eigenvalue weighted by Gasteiger charge is -2.15. The maximum absolute atomic E-state index is 13.1. The molecule has 0 aliphatic rings. The van der Waals surface area contributed by atoms with E-state index in [1.54, 1.807) is 72.9 Å². The molecule has 0 bridgehead atoms. The first-order valence-corrected chi connectivity index (χ1v) is 11.2. The minimum absolute atomic E-state index is 0.179. The Balaban J connectivity index is 1.81. The maximum atomic E-state index is 13.1. The molecule has 0 saturated carbocycles. The Morgan fingerprint density at radius 1 is 0.900 bits per heavy atom. The fourth-order valence-corrected chi connectivity index (χ4v) is 4.87. The molecule has 0 amide bonds. The lowest BCUT2D eigenvalue weighted by molar-refractivity contribution is 0.569. The monoisotopic (exact) mass is 458 g/mol. The molecule has 5 nitrogen and oxygen atoms in total. The molecule has 0 unspecified atom stereocenters. The summed E-state index contributed by atoms with van der Waals surface area (Å²) >= 11 is 12.5. The summed E-state index contributed by atoms with van der Waals surface area (Å²) in [4.78, 5) is 4.28. The molecule has 1 heterocycles. The molecule has 152 valence electrons. The third-order valence-electron chi connectivity index (χ3n) is 4.55. The number of rotatable bonds is 6. The van der Waals surface area contributed by atoms with E-state index >= 15 is 0 Å². The number of anilines is 1. The number of sulfone groups is 1. The molecule has 0 aliphatic carbocycles. The Labute approximate surface area is 184 Å². The van der Waals surface area contributed by atoms with E-state index in [0.29, 0.717) is 33.6 Å². The second-order valence-corrected chi connectivity index (χ2v) is 9.27. The molecule has 4 aromatic rings. The number of oxazole rings is 1. The van der Waals surface area contributed by atoms with Crippen molar-refractivity contribution in [1.29, 1.82) is 0 Å². The Morgan fingerprint density at radius 2 is 1.70 bits per heavy atom. The van der Waals surface area contributed by atoms with Gasteiger partial charge in [0.2, 0.25) is 15.7 Å². The van der Waals surface area contributed by atoms with E-state index in [1.807, 2.05) is 0 Å². The van der Waals surface area contributed by atoms with Crippen molar-refractivity contribution < 1.29 is 12.8 Å². The van der Waals surface area contributed by atoms with E-state index in [0.717, 1.165) is 5.56 Å². The fraction of sp³-hybridized carbons (Fsp3) is 0.0455. The third kappa shape index (κ3) is 4.21. The molecule has 0 saturated heterocycles. The third-order valence-corrected chi connectivity index (χ3v) is 6.87. The minimum atomic E-state index is -3.68. The van der Waals surface area contributed by atoms with Crippen LogP contribution in [0.25, 0.3) is 11.1 Å². The molecule has 0 atom stereocenters. The summed E-state index contributed by atoms with van der Waals surface area (Å²) in [6, 6.07) is 18.4. The van der Waals surface area contributed by atoms with Gasteiger partial charge in [-0.2, -0.15) is 0 Å². The number of hydrogen-bond donors (Lipinski definition) is 1. The van der Waals surface area contributed by atoms with Gasteiger partial charge in [0, 0.05) is 22.2 Å². The van der Waals surface area contributed by atoms with Gasteiger partial charge in [0.15, 0.2) is 6.39 Å². The average Bonchev–Trinajstić information content (AvgIpc) is 3.27. The largest absolute Gasteiger partial charge is 0.428 e.